The first-order valence-electron chi connectivity index (χ1n) is 6.89. The van der Waals surface area contributed by atoms with Crippen molar-refractivity contribution in [3.05, 3.63) is 24.0 Å². The molecule has 20 heavy (non-hydrogen) atoms. The van der Waals surface area contributed by atoms with Gasteiger partial charge in [-0.3, -0.25) is 9.78 Å². The van der Waals surface area contributed by atoms with E-state index in [-0.39, 0.29) is 18.6 Å². The molecular weight excluding hydrogens is 258 g/mol. The molecule has 110 valence electrons. The number of ether oxygens (including phenoxy) is 1. The van der Waals surface area contributed by atoms with E-state index in [1.165, 1.54) is 0 Å². The second-order valence-electron chi connectivity index (χ2n) is 4.76. The van der Waals surface area contributed by atoms with E-state index in [1.807, 2.05) is 4.90 Å². The quantitative estimate of drug-likeness (QED) is 0.831. The molecule has 2 N–H and O–H groups in total. The van der Waals surface area contributed by atoms with Crippen molar-refractivity contribution < 1.29 is 14.6 Å². The van der Waals surface area contributed by atoms with Gasteiger partial charge in [-0.05, 0) is 18.9 Å². The van der Waals surface area contributed by atoms with Crippen LogP contribution in [0, 0.1) is 0 Å². The van der Waals surface area contributed by atoms with Gasteiger partial charge in [0.15, 0.2) is 0 Å². The summed E-state index contributed by atoms with van der Waals surface area (Å²) in [6.45, 7) is 1.76. The standard InChI is InChI=1S/C14H21N3O3/c1-15-13-2-5-16-10-12(13)14(19)17-6-3-11(4-7-17)20-9-8-18/h2,5,10-11,18H,3-4,6-9H2,1H3,(H,15,16). The van der Waals surface area contributed by atoms with Crippen LogP contribution in [0.3, 0.4) is 0 Å². The van der Waals surface area contributed by atoms with E-state index in [0.29, 0.717) is 25.3 Å². The van der Waals surface area contributed by atoms with Crippen LogP contribution in [0.2, 0.25) is 0 Å². The van der Waals surface area contributed by atoms with Crippen LogP contribution in [0.15, 0.2) is 18.5 Å². The molecule has 0 aromatic carbocycles. The molecule has 6 nitrogen and oxygen atoms in total. The van der Waals surface area contributed by atoms with Gasteiger partial charge in [0.1, 0.15) is 0 Å². The van der Waals surface area contributed by atoms with Crippen molar-refractivity contribution in [3.8, 4) is 0 Å². The minimum Gasteiger partial charge on any atom is -0.394 e. The number of nitrogens with zero attached hydrogens (tertiary/aromatic N) is 2. The smallest absolute Gasteiger partial charge is 0.257 e. The van der Waals surface area contributed by atoms with E-state index in [1.54, 1.807) is 25.5 Å². The highest BCUT2D eigenvalue weighted by molar-refractivity contribution is 5.99. The highest BCUT2D eigenvalue weighted by Gasteiger charge is 2.25. The number of aliphatic hydroxyl groups is 1. The van der Waals surface area contributed by atoms with E-state index in [0.717, 1.165) is 18.5 Å². The lowest BCUT2D eigenvalue weighted by Gasteiger charge is -2.32. The summed E-state index contributed by atoms with van der Waals surface area (Å²) < 4.78 is 5.50. The maximum atomic E-state index is 12.5. The van der Waals surface area contributed by atoms with E-state index in [4.69, 9.17) is 9.84 Å². The number of amides is 1. The minimum absolute atomic E-state index is 0.00283. The third-order valence-corrected chi connectivity index (χ3v) is 3.49. The van der Waals surface area contributed by atoms with Gasteiger partial charge in [0.2, 0.25) is 0 Å². The van der Waals surface area contributed by atoms with E-state index >= 15 is 0 Å². The molecule has 6 heteroatoms. The van der Waals surface area contributed by atoms with Gasteiger partial charge in [0.25, 0.3) is 5.91 Å². The van der Waals surface area contributed by atoms with Crippen LogP contribution in [0.5, 0.6) is 0 Å². The number of aromatic nitrogens is 1. The lowest BCUT2D eigenvalue weighted by Crippen LogP contribution is -2.41. The summed E-state index contributed by atoms with van der Waals surface area (Å²) in [5.74, 6) is 0.00283. The molecule has 2 rings (SSSR count). The zero-order valence-corrected chi connectivity index (χ0v) is 11.7. The van der Waals surface area contributed by atoms with Gasteiger partial charge in [0, 0.05) is 38.2 Å². The Bertz CT molecular complexity index is 445. The average Bonchev–Trinajstić information content (AvgIpc) is 2.52. The molecule has 0 bridgehead atoms. The first-order valence-corrected chi connectivity index (χ1v) is 6.89. The molecule has 1 aliphatic rings. The Morgan fingerprint density at radius 3 is 2.95 bits per heavy atom. The zero-order chi connectivity index (χ0) is 14.4. The van der Waals surface area contributed by atoms with Gasteiger partial charge in [-0.25, -0.2) is 0 Å². The normalized spacial score (nSPS) is 16.2. The Labute approximate surface area is 118 Å². The number of likely N-dealkylation sites (tertiary alicyclic amines) is 1. The van der Waals surface area contributed by atoms with Crippen LogP contribution in [-0.2, 0) is 4.74 Å². The number of hydrogen-bond donors (Lipinski definition) is 2. The Morgan fingerprint density at radius 2 is 2.30 bits per heavy atom. The van der Waals surface area contributed by atoms with Gasteiger partial charge >= 0.3 is 0 Å². The van der Waals surface area contributed by atoms with Gasteiger partial charge in [-0.1, -0.05) is 0 Å². The third-order valence-electron chi connectivity index (χ3n) is 3.49. The second-order valence-corrected chi connectivity index (χ2v) is 4.76. The first kappa shape index (κ1) is 14.7. The molecule has 1 aromatic rings. The summed E-state index contributed by atoms with van der Waals surface area (Å²) in [6.07, 6.45) is 5.02. The van der Waals surface area contributed by atoms with Crippen molar-refractivity contribution >= 4 is 11.6 Å². The summed E-state index contributed by atoms with van der Waals surface area (Å²) >= 11 is 0. The molecule has 1 aromatic heterocycles. The average molecular weight is 279 g/mol. The maximum Gasteiger partial charge on any atom is 0.257 e. The Kier molecular flexibility index (Phi) is 5.31. The predicted molar refractivity (Wildman–Crippen MR) is 75.7 cm³/mol. The number of piperidine rings is 1. The molecule has 0 atom stereocenters. The lowest BCUT2D eigenvalue weighted by molar-refractivity contribution is -0.00553. The second kappa shape index (κ2) is 7.21. The fourth-order valence-electron chi connectivity index (χ4n) is 2.40. The van der Waals surface area contributed by atoms with E-state index < -0.39 is 0 Å². The summed E-state index contributed by atoms with van der Waals surface area (Å²) in [5.41, 5.74) is 1.40. The predicted octanol–water partition coefficient (Wildman–Crippen LogP) is 0.737. The van der Waals surface area contributed by atoms with E-state index in [9.17, 15) is 4.79 Å². The maximum absolute atomic E-state index is 12.5. The van der Waals surface area contributed by atoms with Crippen LogP contribution in [0.1, 0.15) is 23.2 Å². The van der Waals surface area contributed by atoms with Crippen LogP contribution >= 0.6 is 0 Å². The summed E-state index contributed by atoms with van der Waals surface area (Å²) in [6, 6.07) is 1.80. The van der Waals surface area contributed by atoms with Crippen LogP contribution in [-0.4, -0.2) is 60.4 Å². The zero-order valence-electron chi connectivity index (χ0n) is 11.7. The molecule has 0 aliphatic carbocycles. The number of carbonyl (C=O) groups excluding carboxylic acids is 1. The minimum atomic E-state index is 0.00283. The lowest BCUT2D eigenvalue weighted by atomic mass is 10.1. The third kappa shape index (κ3) is 3.46. The fourth-order valence-corrected chi connectivity index (χ4v) is 2.40. The monoisotopic (exact) mass is 279 g/mol. The van der Waals surface area contributed by atoms with Gasteiger partial charge in [0.05, 0.1) is 24.9 Å². The topological polar surface area (TPSA) is 74.7 Å². The number of pyridine rings is 1. The molecule has 1 fully saturated rings. The molecule has 1 amide bonds. The van der Waals surface area contributed by atoms with Crippen LogP contribution < -0.4 is 5.32 Å². The molecule has 1 aliphatic heterocycles. The Morgan fingerprint density at radius 1 is 1.55 bits per heavy atom. The fraction of sp³-hybridized carbons (Fsp3) is 0.571. The Hall–Kier alpha value is -1.66. The van der Waals surface area contributed by atoms with Gasteiger partial charge in [-0.15, -0.1) is 0 Å². The molecule has 0 unspecified atom stereocenters. The van der Waals surface area contributed by atoms with Crippen molar-refractivity contribution in [2.45, 2.75) is 18.9 Å². The number of anilines is 1. The highest BCUT2D eigenvalue weighted by Crippen LogP contribution is 2.19. The number of hydrogen-bond acceptors (Lipinski definition) is 5. The molecule has 2 heterocycles. The molecule has 0 radical (unpaired) electrons. The summed E-state index contributed by atoms with van der Waals surface area (Å²) in [5, 5.41) is 11.8. The molecule has 0 saturated carbocycles. The van der Waals surface area contributed by atoms with Crippen molar-refractivity contribution in [1.29, 1.82) is 0 Å². The van der Waals surface area contributed by atoms with Crippen molar-refractivity contribution in [2.75, 3.05) is 38.7 Å². The first-order chi connectivity index (χ1) is 9.76. The molecular formula is C14H21N3O3. The summed E-state index contributed by atoms with van der Waals surface area (Å²) in [7, 11) is 1.79. The number of nitrogens with one attached hydrogen (secondary N) is 1. The number of aliphatic hydroxyl groups excluding tert-OH is 1. The molecule has 0 spiro atoms. The van der Waals surface area contributed by atoms with Gasteiger partial charge in [-0.2, -0.15) is 0 Å². The van der Waals surface area contributed by atoms with E-state index in [2.05, 4.69) is 10.3 Å². The van der Waals surface area contributed by atoms with Crippen molar-refractivity contribution in [2.24, 2.45) is 0 Å². The Balaban J connectivity index is 1.94. The summed E-state index contributed by atoms with van der Waals surface area (Å²) in [4.78, 5) is 18.3. The SMILES string of the molecule is CNc1ccncc1C(=O)N1CCC(OCCO)CC1. The molecule has 1 saturated heterocycles. The van der Waals surface area contributed by atoms with Crippen molar-refractivity contribution in [1.82, 2.24) is 9.88 Å². The number of rotatable bonds is 5. The van der Waals surface area contributed by atoms with Gasteiger partial charge < -0.3 is 20.1 Å². The van der Waals surface area contributed by atoms with Crippen LogP contribution in [0.4, 0.5) is 5.69 Å². The largest absolute Gasteiger partial charge is 0.394 e. The number of carbonyl (C=O) groups is 1. The highest BCUT2D eigenvalue weighted by atomic mass is 16.5. The van der Waals surface area contributed by atoms with Crippen LogP contribution in [0.25, 0.3) is 0 Å². The van der Waals surface area contributed by atoms with Crippen molar-refractivity contribution in [3.63, 3.8) is 0 Å².